The fraction of sp³-hybridized carbons (Fsp3) is 1.00. The van der Waals surface area contributed by atoms with Crippen molar-refractivity contribution in [1.82, 2.24) is 0 Å². The van der Waals surface area contributed by atoms with Gasteiger partial charge in [0.2, 0.25) is 0 Å². The summed E-state index contributed by atoms with van der Waals surface area (Å²) in [5, 5.41) is 0. The maximum Gasteiger partial charge on any atom is 0.0469 e. The van der Waals surface area contributed by atoms with Gasteiger partial charge in [-0.1, -0.05) is 47.0 Å². The Morgan fingerprint density at radius 1 is 1.25 bits per heavy atom. The Hall–Kier alpha value is 0.290. The first-order valence-corrected chi connectivity index (χ1v) is 5.67. The lowest BCUT2D eigenvalue weighted by Crippen LogP contribution is -2.28. The molecule has 0 aliphatic carbocycles. The van der Waals surface area contributed by atoms with Crippen LogP contribution < -0.4 is 0 Å². The molecule has 0 nitrogen and oxygen atoms in total. The van der Waals surface area contributed by atoms with E-state index in [1.807, 2.05) is 0 Å². The molecular weight excluding hydrogens is 168 g/mol. The summed E-state index contributed by atoms with van der Waals surface area (Å²) in [6.07, 6.45) is 5.99. The first-order chi connectivity index (χ1) is 5.60. The Kier molecular flexibility index (Phi) is 6.00. The molecule has 0 saturated carbocycles. The molecule has 0 amide bonds. The third-order valence-corrected chi connectivity index (χ3v) is 3.86. The highest BCUT2D eigenvalue weighted by atomic mass is 35.5. The lowest BCUT2D eigenvalue weighted by atomic mass is 9.84. The molecule has 0 aromatic rings. The van der Waals surface area contributed by atoms with E-state index in [9.17, 15) is 0 Å². The smallest absolute Gasteiger partial charge is 0.0469 e. The van der Waals surface area contributed by atoms with Crippen LogP contribution in [0, 0.1) is 5.92 Å². The van der Waals surface area contributed by atoms with Gasteiger partial charge in [0.05, 0.1) is 0 Å². The van der Waals surface area contributed by atoms with Crippen LogP contribution in [-0.4, -0.2) is 4.87 Å². The molecule has 0 aromatic heterocycles. The van der Waals surface area contributed by atoms with Gasteiger partial charge in [0.25, 0.3) is 0 Å². The lowest BCUT2D eigenvalue weighted by molar-refractivity contribution is 0.343. The van der Waals surface area contributed by atoms with E-state index < -0.39 is 0 Å². The van der Waals surface area contributed by atoms with E-state index in [2.05, 4.69) is 27.7 Å². The predicted octanol–water partition coefficient (Wildman–Crippen LogP) is 4.61. The molecule has 1 heteroatoms. The van der Waals surface area contributed by atoms with Gasteiger partial charge in [-0.25, -0.2) is 0 Å². The van der Waals surface area contributed by atoms with Gasteiger partial charge in [-0.2, -0.15) is 0 Å². The quantitative estimate of drug-likeness (QED) is 0.537. The third-order valence-electron chi connectivity index (χ3n) is 3.03. The zero-order valence-corrected chi connectivity index (χ0v) is 9.75. The van der Waals surface area contributed by atoms with Crippen LogP contribution >= 0.6 is 11.6 Å². The summed E-state index contributed by atoms with van der Waals surface area (Å²) in [5.74, 6) is 0.649. The van der Waals surface area contributed by atoms with Crippen molar-refractivity contribution in [2.24, 2.45) is 5.92 Å². The summed E-state index contributed by atoms with van der Waals surface area (Å²) < 4.78 is 0. The van der Waals surface area contributed by atoms with Crippen molar-refractivity contribution in [2.45, 2.75) is 64.7 Å². The third kappa shape index (κ3) is 3.35. The summed E-state index contributed by atoms with van der Waals surface area (Å²) in [7, 11) is 0. The van der Waals surface area contributed by atoms with Gasteiger partial charge in [-0.15, -0.1) is 11.6 Å². The van der Waals surface area contributed by atoms with E-state index in [0.29, 0.717) is 5.92 Å². The zero-order chi connectivity index (χ0) is 9.61. The van der Waals surface area contributed by atoms with Crippen LogP contribution in [0.15, 0.2) is 0 Å². The molecule has 0 radical (unpaired) electrons. The molecule has 74 valence electrons. The summed E-state index contributed by atoms with van der Waals surface area (Å²) in [6, 6.07) is 0. The van der Waals surface area contributed by atoms with Crippen LogP contribution in [0.2, 0.25) is 0 Å². The Labute approximate surface area is 82.7 Å². The highest BCUT2D eigenvalue weighted by molar-refractivity contribution is 6.24. The van der Waals surface area contributed by atoms with Crippen molar-refractivity contribution in [2.75, 3.05) is 0 Å². The van der Waals surface area contributed by atoms with Crippen molar-refractivity contribution in [3.63, 3.8) is 0 Å². The molecule has 0 aliphatic rings. The van der Waals surface area contributed by atoms with Crippen LogP contribution in [0.25, 0.3) is 0 Å². The number of rotatable bonds is 6. The molecule has 0 bridgehead atoms. The van der Waals surface area contributed by atoms with Gasteiger partial charge in [-0.05, 0) is 18.8 Å². The van der Waals surface area contributed by atoms with E-state index in [1.54, 1.807) is 0 Å². The highest BCUT2D eigenvalue weighted by Crippen LogP contribution is 2.36. The Morgan fingerprint density at radius 2 is 1.83 bits per heavy atom. The maximum atomic E-state index is 6.55. The predicted molar refractivity (Wildman–Crippen MR) is 57.9 cm³/mol. The first kappa shape index (κ1) is 12.3. The van der Waals surface area contributed by atoms with E-state index >= 15 is 0 Å². The lowest BCUT2D eigenvalue weighted by Gasteiger charge is -2.31. The zero-order valence-electron chi connectivity index (χ0n) is 8.99. The molecule has 0 saturated heterocycles. The molecule has 2 unspecified atom stereocenters. The standard InChI is InChI=1S/C11H23Cl/c1-5-8-9-11(12,7-3)10(4)6-2/h10H,5-9H2,1-4H3. The molecule has 12 heavy (non-hydrogen) atoms. The number of alkyl halides is 1. The van der Waals surface area contributed by atoms with Crippen LogP contribution in [-0.2, 0) is 0 Å². The largest absolute Gasteiger partial charge is 0.119 e. The molecule has 2 atom stereocenters. The van der Waals surface area contributed by atoms with Crippen molar-refractivity contribution in [3.8, 4) is 0 Å². The molecular formula is C11H23Cl. The molecule has 0 heterocycles. The molecule has 0 N–H and O–H groups in total. The second-order valence-electron chi connectivity index (χ2n) is 3.80. The number of halogens is 1. The van der Waals surface area contributed by atoms with E-state index in [1.165, 1.54) is 25.7 Å². The van der Waals surface area contributed by atoms with Crippen molar-refractivity contribution in [3.05, 3.63) is 0 Å². The van der Waals surface area contributed by atoms with E-state index in [4.69, 9.17) is 11.6 Å². The monoisotopic (exact) mass is 190 g/mol. The van der Waals surface area contributed by atoms with Gasteiger partial charge in [0.1, 0.15) is 0 Å². The Balaban J connectivity index is 4.03. The maximum absolute atomic E-state index is 6.55. The molecule has 0 spiro atoms. The van der Waals surface area contributed by atoms with Gasteiger partial charge < -0.3 is 0 Å². The number of hydrogen-bond donors (Lipinski definition) is 0. The summed E-state index contributed by atoms with van der Waals surface area (Å²) in [5.41, 5.74) is 0. The number of unbranched alkanes of at least 4 members (excludes halogenated alkanes) is 1. The minimum absolute atomic E-state index is 0.0742. The fourth-order valence-corrected chi connectivity index (χ4v) is 1.90. The van der Waals surface area contributed by atoms with Gasteiger partial charge in [0.15, 0.2) is 0 Å². The van der Waals surface area contributed by atoms with Crippen molar-refractivity contribution >= 4 is 11.6 Å². The minimum Gasteiger partial charge on any atom is -0.119 e. The Bertz CT molecular complexity index is 112. The van der Waals surface area contributed by atoms with Gasteiger partial charge in [-0.3, -0.25) is 0 Å². The van der Waals surface area contributed by atoms with Crippen LogP contribution in [0.4, 0.5) is 0 Å². The molecule has 0 aliphatic heterocycles. The van der Waals surface area contributed by atoms with Crippen molar-refractivity contribution in [1.29, 1.82) is 0 Å². The average Bonchev–Trinajstić information content (AvgIpc) is 2.12. The topological polar surface area (TPSA) is 0 Å². The molecule has 0 aromatic carbocycles. The van der Waals surface area contributed by atoms with Gasteiger partial charge in [0, 0.05) is 4.87 Å². The van der Waals surface area contributed by atoms with E-state index in [0.717, 1.165) is 6.42 Å². The van der Waals surface area contributed by atoms with Gasteiger partial charge >= 0.3 is 0 Å². The first-order valence-electron chi connectivity index (χ1n) is 5.29. The second kappa shape index (κ2) is 5.85. The number of hydrogen-bond acceptors (Lipinski definition) is 0. The summed E-state index contributed by atoms with van der Waals surface area (Å²) >= 11 is 6.55. The normalized spacial score (nSPS) is 18.8. The van der Waals surface area contributed by atoms with Crippen LogP contribution in [0.3, 0.4) is 0 Å². The average molecular weight is 191 g/mol. The molecule has 0 rings (SSSR count). The highest BCUT2D eigenvalue weighted by Gasteiger charge is 2.29. The molecule has 0 fully saturated rings. The summed E-state index contributed by atoms with van der Waals surface area (Å²) in [6.45, 7) is 8.92. The second-order valence-corrected chi connectivity index (χ2v) is 4.55. The van der Waals surface area contributed by atoms with E-state index in [-0.39, 0.29) is 4.87 Å². The fourth-order valence-electron chi connectivity index (χ4n) is 1.61. The van der Waals surface area contributed by atoms with Crippen molar-refractivity contribution < 1.29 is 0 Å². The minimum atomic E-state index is 0.0742. The van der Waals surface area contributed by atoms with Crippen LogP contribution in [0.5, 0.6) is 0 Å². The summed E-state index contributed by atoms with van der Waals surface area (Å²) in [4.78, 5) is 0.0742. The SMILES string of the molecule is CCCCC(Cl)(CC)C(C)CC. The van der Waals surface area contributed by atoms with Crippen LogP contribution in [0.1, 0.15) is 59.8 Å². The Morgan fingerprint density at radius 3 is 2.17 bits per heavy atom.